The molecule has 1 radical (unpaired) electrons. The van der Waals surface area contributed by atoms with E-state index in [1.807, 2.05) is 97.1 Å². The average molecular weight is 566 g/mol. The van der Waals surface area contributed by atoms with Gasteiger partial charge in [-0.05, 0) is 0 Å². The Hall–Kier alpha value is -1.44. The molecule has 4 rings (SSSR count). The maximum Gasteiger partial charge on any atom is 0.0259 e. The summed E-state index contributed by atoms with van der Waals surface area (Å²) in [7, 11) is 0. The van der Waals surface area contributed by atoms with Gasteiger partial charge in [-0.3, -0.25) is 0 Å². The van der Waals surface area contributed by atoms with Gasteiger partial charge in [-0.1, -0.05) is 0 Å². The Bertz CT molecular complexity index is 734. The van der Waals surface area contributed by atoms with Gasteiger partial charge >= 0.3 is 0 Å². The summed E-state index contributed by atoms with van der Waals surface area (Å²) in [4.78, 5) is 0. The molecule has 0 bridgehead atoms. The minimum Gasteiger partial charge on any atom is -0.184 e. The van der Waals surface area contributed by atoms with Crippen LogP contribution in [0.4, 0.5) is 0 Å². The minimum absolute atomic E-state index is 0. The minimum atomic E-state index is 0. The van der Waals surface area contributed by atoms with Crippen LogP contribution < -0.4 is 0 Å². The molecule has 4 aromatic rings. The first-order chi connectivity index (χ1) is 15.8. The topological polar surface area (TPSA) is 0 Å². The molecule has 0 unspecified atom stereocenters. The third kappa shape index (κ3) is 14.4. The molecule has 0 aliphatic rings. The first-order valence-corrected chi connectivity index (χ1v) is 11.9. The van der Waals surface area contributed by atoms with Crippen LogP contribution in [0.15, 0.2) is 97.1 Å². The van der Waals surface area contributed by atoms with E-state index in [0.717, 1.165) is 22.3 Å². The summed E-state index contributed by atoms with van der Waals surface area (Å²) in [5.41, 5.74) is 3.85. The normalized spacial score (nSPS) is 8.85. The molecule has 0 heterocycles. The Labute approximate surface area is 229 Å². The molecule has 0 amide bonds. The molecule has 5 heteroatoms. The Morgan fingerprint density at radius 1 is 0.485 bits per heavy atom. The first-order valence-electron chi connectivity index (χ1n) is 9.79. The smallest absolute Gasteiger partial charge is 0.0259 e. The van der Waals surface area contributed by atoms with Crippen molar-refractivity contribution in [1.29, 1.82) is 0 Å². The van der Waals surface area contributed by atoms with Crippen molar-refractivity contribution in [1.82, 2.24) is 0 Å². The van der Waals surface area contributed by atoms with E-state index >= 15 is 0 Å². The monoisotopic (exact) mass is 563 g/mol. The summed E-state index contributed by atoms with van der Waals surface area (Å²) < 4.78 is 0. The summed E-state index contributed by atoms with van der Waals surface area (Å²) in [5, 5.41) is 0. The quantitative estimate of drug-likeness (QED) is 0.132. The van der Waals surface area contributed by atoms with Crippen molar-refractivity contribution in [3.8, 4) is 0 Å². The summed E-state index contributed by atoms with van der Waals surface area (Å²) in [6.45, 7) is 0. The van der Waals surface area contributed by atoms with Gasteiger partial charge in [0, 0.05) is 40.6 Å². The van der Waals surface area contributed by atoms with Gasteiger partial charge in [0.05, 0.1) is 0 Å². The fraction of sp³-hybridized carbons (Fsp3) is 0.143. The summed E-state index contributed by atoms with van der Waals surface area (Å²) >= 11 is 23.2. The molecule has 179 valence electrons. The number of alkyl halides is 4. The molecule has 0 spiro atoms. The van der Waals surface area contributed by atoms with E-state index in [-0.39, 0.29) is 17.1 Å². The Balaban J connectivity index is 0.000000449. The van der Waals surface area contributed by atoms with Gasteiger partial charge in [-0.15, -0.1) is 68.7 Å². The standard InChI is InChI=1S/C10H9Cl4.3C6H5.Cu/c11-3-7-1-2-8(4-12)10(6-14)9(7)5-13;3*1-2-4-6-5-3-1;/h1H,3-6H2;3*1-5H;/q4*-1;. The molecular formula is C28H24Cl4Cu-4. The Kier molecular flexibility index (Phi) is 21.4. The van der Waals surface area contributed by atoms with Crippen LogP contribution in [0.25, 0.3) is 0 Å². The van der Waals surface area contributed by atoms with Crippen LogP contribution in [-0.2, 0) is 40.6 Å². The van der Waals surface area contributed by atoms with E-state index in [9.17, 15) is 0 Å². The van der Waals surface area contributed by atoms with Gasteiger partial charge in [0.1, 0.15) is 0 Å². The van der Waals surface area contributed by atoms with Gasteiger partial charge in [0.2, 0.25) is 0 Å². The molecule has 0 aromatic heterocycles. The van der Waals surface area contributed by atoms with E-state index in [4.69, 9.17) is 46.4 Å². The predicted octanol–water partition coefficient (Wildman–Crippen LogP) is 8.90. The molecule has 4 aromatic carbocycles. The second-order valence-corrected chi connectivity index (χ2v) is 7.09. The Morgan fingerprint density at radius 3 is 1.09 bits per heavy atom. The van der Waals surface area contributed by atoms with Crippen molar-refractivity contribution in [3.63, 3.8) is 0 Å². The Morgan fingerprint density at radius 2 is 0.879 bits per heavy atom. The average Bonchev–Trinajstić information content (AvgIpc) is 2.91. The molecule has 0 fully saturated rings. The van der Waals surface area contributed by atoms with Crippen molar-refractivity contribution in [3.05, 3.63) is 144 Å². The second kappa shape index (κ2) is 22.4. The summed E-state index contributed by atoms with van der Waals surface area (Å²) in [6, 6.07) is 42.4. The molecule has 0 saturated heterocycles. The SMILES string of the molecule is ClCc1[c-]cc(CCl)c(CCl)c1CCl.[Cu].[c-]1ccccc1.[c-]1ccccc1.[c-]1ccccc1. The zero-order chi connectivity index (χ0) is 23.3. The third-order valence-corrected chi connectivity index (χ3v) is 4.99. The molecule has 0 atom stereocenters. The van der Waals surface area contributed by atoms with Crippen molar-refractivity contribution in [2.75, 3.05) is 0 Å². The molecule has 0 aliphatic carbocycles. The second-order valence-electron chi connectivity index (χ2n) is 6.02. The zero-order valence-corrected chi connectivity index (χ0v) is 21.8. The number of benzene rings is 4. The van der Waals surface area contributed by atoms with Crippen LogP contribution in [0.2, 0.25) is 0 Å². The third-order valence-electron chi connectivity index (χ3n) is 3.90. The number of hydrogen-bond donors (Lipinski definition) is 0. The first kappa shape index (κ1) is 31.6. The van der Waals surface area contributed by atoms with Gasteiger partial charge in [-0.25, -0.2) is 0 Å². The summed E-state index contributed by atoms with van der Waals surface area (Å²) in [5.74, 6) is 1.62. The number of halogens is 4. The summed E-state index contributed by atoms with van der Waals surface area (Å²) in [6.07, 6.45) is 0. The number of rotatable bonds is 4. The van der Waals surface area contributed by atoms with E-state index in [0.29, 0.717) is 23.5 Å². The van der Waals surface area contributed by atoms with E-state index in [1.165, 1.54) is 0 Å². The van der Waals surface area contributed by atoms with Crippen LogP contribution in [0.1, 0.15) is 22.3 Å². The van der Waals surface area contributed by atoms with Crippen molar-refractivity contribution >= 4 is 46.4 Å². The van der Waals surface area contributed by atoms with Gasteiger partial charge < -0.3 is 0 Å². The molecular weight excluding hydrogens is 542 g/mol. The fourth-order valence-electron chi connectivity index (χ4n) is 2.32. The van der Waals surface area contributed by atoms with Crippen molar-refractivity contribution in [2.45, 2.75) is 23.5 Å². The van der Waals surface area contributed by atoms with Gasteiger partial charge in [0.25, 0.3) is 0 Å². The van der Waals surface area contributed by atoms with Crippen LogP contribution in [0, 0.1) is 24.3 Å². The molecule has 0 nitrogen and oxygen atoms in total. The molecule has 0 aliphatic heterocycles. The van der Waals surface area contributed by atoms with Crippen LogP contribution >= 0.6 is 46.4 Å². The van der Waals surface area contributed by atoms with E-state index < -0.39 is 0 Å². The van der Waals surface area contributed by atoms with Crippen LogP contribution in [0.5, 0.6) is 0 Å². The largest absolute Gasteiger partial charge is 0.184 e. The fourth-order valence-corrected chi connectivity index (χ4v) is 3.45. The maximum atomic E-state index is 5.85. The van der Waals surface area contributed by atoms with Crippen LogP contribution in [-0.4, -0.2) is 0 Å². The maximum absolute atomic E-state index is 5.85. The molecule has 0 N–H and O–H groups in total. The van der Waals surface area contributed by atoms with Gasteiger partial charge in [0.15, 0.2) is 0 Å². The molecule has 0 saturated carbocycles. The van der Waals surface area contributed by atoms with Crippen molar-refractivity contribution < 1.29 is 17.1 Å². The number of hydrogen-bond acceptors (Lipinski definition) is 0. The van der Waals surface area contributed by atoms with Crippen LogP contribution in [0.3, 0.4) is 0 Å². The predicted molar refractivity (Wildman–Crippen MR) is 139 cm³/mol. The van der Waals surface area contributed by atoms with Gasteiger partial charge in [-0.2, -0.15) is 121 Å². The zero-order valence-electron chi connectivity index (χ0n) is 17.9. The molecule has 33 heavy (non-hydrogen) atoms. The van der Waals surface area contributed by atoms with E-state index in [2.05, 4.69) is 24.3 Å². The van der Waals surface area contributed by atoms with Crippen molar-refractivity contribution in [2.24, 2.45) is 0 Å². The van der Waals surface area contributed by atoms with E-state index in [1.54, 1.807) is 0 Å².